The van der Waals surface area contributed by atoms with Crippen molar-refractivity contribution in [3.8, 4) is 0 Å². The average Bonchev–Trinajstić information content (AvgIpc) is 2.25. The van der Waals surface area contributed by atoms with Crippen molar-refractivity contribution in [1.29, 1.82) is 0 Å². The molecule has 1 N–H and O–H groups in total. The summed E-state index contributed by atoms with van der Waals surface area (Å²) in [5.74, 6) is 0. The van der Waals surface area contributed by atoms with Crippen molar-refractivity contribution in [2.45, 2.75) is 82.7 Å². The van der Waals surface area contributed by atoms with E-state index in [2.05, 4.69) is 17.1 Å². The van der Waals surface area contributed by atoms with E-state index in [9.17, 15) is 13.2 Å². The van der Waals surface area contributed by atoms with E-state index >= 15 is 0 Å². The van der Waals surface area contributed by atoms with E-state index in [-0.39, 0.29) is 6.04 Å². The molecule has 2 saturated heterocycles. The summed E-state index contributed by atoms with van der Waals surface area (Å²) < 4.78 is 37.8. The van der Waals surface area contributed by atoms with E-state index in [1.54, 1.807) is 6.92 Å². The molecular formula is C14H25F3N2. The summed E-state index contributed by atoms with van der Waals surface area (Å²) in [6.07, 6.45) is 0.571. The first-order valence-electron chi connectivity index (χ1n) is 7.48. The van der Waals surface area contributed by atoms with Crippen LogP contribution in [0.1, 0.15) is 52.4 Å². The van der Waals surface area contributed by atoms with Gasteiger partial charge in [-0.25, -0.2) is 0 Å². The molecule has 3 unspecified atom stereocenters. The van der Waals surface area contributed by atoms with Crippen molar-refractivity contribution in [3.63, 3.8) is 0 Å². The van der Waals surface area contributed by atoms with Crippen LogP contribution >= 0.6 is 0 Å². The Labute approximate surface area is 113 Å². The molecule has 2 rings (SSSR count). The monoisotopic (exact) mass is 278 g/mol. The fraction of sp³-hybridized carbons (Fsp3) is 1.00. The second kappa shape index (κ2) is 6.00. The molecular weight excluding hydrogens is 253 g/mol. The highest BCUT2D eigenvalue weighted by Gasteiger charge is 2.43. The molecule has 112 valence electrons. The van der Waals surface area contributed by atoms with Gasteiger partial charge in [0.25, 0.3) is 0 Å². The Morgan fingerprint density at radius 3 is 2.26 bits per heavy atom. The van der Waals surface area contributed by atoms with Crippen molar-refractivity contribution >= 4 is 0 Å². The normalized spacial score (nSPS) is 34.3. The molecule has 0 radical (unpaired) electrons. The lowest BCUT2D eigenvalue weighted by molar-refractivity contribution is -0.155. The largest absolute Gasteiger partial charge is 0.390 e. The maximum absolute atomic E-state index is 12.6. The molecule has 2 fully saturated rings. The molecule has 0 amide bonds. The van der Waals surface area contributed by atoms with E-state index < -0.39 is 12.6 Å². The number of fused-ring (bicyclic) bond motifs is 2. The molecule has 0 spiro atoms. The molecule has 2 heterocycles. The predicted octanol–water partition coefficient (Wildman–Crippen LogP) is 3.32. The van der Waals surface area contributed by atoms with Gasteiger partial charge in [0.2, 0.25) is 0 Å². The van der Waals surface area contributed by atoms with Crippen LogP contribution in [0.2, 0.25) is 0 Å². The van der Waals surface area contributed by atoms with Crippen LogP contribution in [0.3, 0.4) is 0 Å². The first-order valence-corrected chi connectivity index (χ1v) is 7.48. The van der Waals surface area contributed by atoms with E-state index in [4.69, 9.17) is 0 Å². The highest BCUT2D eigenvalue weighted by Crippen LogP contribution is 2.38. The minimum atomic E-state index is -4.05. The molecule has 3 atom stereocenters. The number of hydrogen-bond acceptors (Lipinski definition) is 2. The summed E-state index contributed by atoms with van der Waals surface area (Å²) in [6, 6.07) is 0.801. The van der Waals surface area contributed by atoms with Gasteiger partial charge in [-0.15, -0.1) is 0 Å². The average molecular weight is 278 g/mol. The van der Waals surface area contributed by atoms with Crippen molar-refractivity contribution in [2.24, 2.45) is 0 Å². The molecule has 2 nitrogen and oxygen atoms in total. The topological polar surface area (TPSA) is 15.3 Å². The zero-order chi connectivity index (χ0) is 14.0. The van der Waals surface area contributed by atoms with Crippen LogP contribution in [-0.4, -0.2) is 41.8 Å². The van der Waals surface area contributed by atoms with Gasteiger partial charge in [0.15, 0.2) is 0 Å². The van der Waals surface area contributed by atoms with E-state index in [0.717, 1.165) is 32.2 Å². The Balaban J connectivity index is 2.01. The Bertz CT molecular complexity index is 279. The van der Waals surface area contributed by atoms with E-state index in [1.165, 1.54) is 6.42 Å². The summed E-state index contributed by atoms with van der Waals surface area (Å²) in [7, 11) is 0. The minimum Gasteiger partial charge on any atom is -0.314 e. The number of alkyl halides is 3. The molecule has 0 aromatic carbocycles. The third kappa shape index (κ3) is 3.85. The van der Waals surface area contributed by atoms with Crippen molar-refractivity contribution in [3.05, 3.63) is 0 Å². The second-order valence-corrected chi connectivity index (χ2v) is 6.08. The molecule has 0 aromatic rings. The smallest absolute Gasteiger partial charge is 0.314 e. The van der Waals surface area contributed by atoms with Gasteiger partial charge in [-0.3, -0.25) is 4.90 Å². The lowest BCUT2D eigenvalue weighted by atomic mass is 9.80. The van der Waals surface area contributed by atoms with Gasteiger partial charge in [0.1, 0.15) is 0 Å². The fourth-order valence-corrected chi connectivity index (χ4v) is 4.03. The molecule has 0 saturated carbocycles. The standard InChI is InChI=1S/C14H25F3N2/c1-3-18-11-7-12-5-4-6-13(8-11)19(12)10(2)9-14(15,16)17/h10-13,18H,3-9H2,1-2H3. The van der Waals surface area contributed by atoms with E-state index in [1.807, 2.05) is 0 Å². The maximum Gasteiger partial charge on any atom is 0.390 e. The molecule has 2 aliphatic heterocycles. The minimum absolute atomic E-state index is 0.342. The van der Waals surface area contributed by atoms with Crippen LogP contribution < -0.4 is 5.32 Å². The van der Waals surface area contributed by atoms with Gasteiger partial charge < -0.3 is 5.32 Å². The fourth-order valence-electron chi connectivity index (χ4n) is 4.03. The van der Waals surface area contributed by atoms with Gasteiger partial charge in [-0.05, 0) is 39.2 Å². The number of halogens is 3. The Hall–Kier alpha value is -0.290. The van der Waals surface area contributed by atoms with Gasteiger partial charge in [-0.1, -0.05) is 13.3 Å². The summed E-state index contributed by atoms with van der Waals surface area (Å²) in [6.45, 7) is 4.78. The molecule has 5 heteroatoms. The third-order valence-electron chi connectivity index (χ3n) is 4.56. The third-order valence-corrected chi connectivity index (χ3v) is 4.56. The molecule has 19 heavy (non-hydrogen) atoms. The van der Waals surface area contributed by atoms with Gasteiger partial charge in [0, 0.05) is 24.2 Å². The van der Waals surface area contributed by atoms with Crippen LogP contribution in [0.25, 0.3) is 0 Å². The lowest BCUT2D eigenvalue weighted by Crippen LogP contribution is -2.59. The van der Waals surface area contributed by atoms with Crippen LogP contribution in [0.4, 0.5) is 13.2 Å². The predicted molar refractivity (Wildman–Crippen MR) is 70.1 cm³/mol. The number of piperidine rings is 2. The summed E-state index contributed by atoms with van der Waals surface area (Å²) in [4.78, 5) is 2.17. The first kappa shape index (κ1) is 15.1. The summed E-state index contributed by atoms with van der Waals surface area (Å²) in [5, 5.41) is 3.47. The summed E-state index contributed by atoms with van der Waals surface area (Å²) in [5.41, 5.74) is 0. The van der Waals surface area contributed by atoms with Crippen LogP contribution in [0.5, 0.6) is 0 Å². The molecule has 2 aliphatic rings. The SMILES string of the molecule is CCNC1CC2CCCC(C1)N2C(C)CC(F)(F)F. The lowest BCUT2D eigenvalue weighted by Gasteiger charge is -2.51. The molecule has 0 aromatic heterocycles. The van der Waals surface area contributed by atoms with Crippen LogP contribution in [-0.2, 0) is 0 Å². The molecule has 0 aliphatic carbocycles. The number of nitrogens with zero attached hydrogens (tertiary/aromatic N) is 1. The Morgan fingerprint density at radius 1 is 1.21 bits per heavy atom. The quantitative estimate of drug-likeness (QED) is 0.848. The highest BCUT2D eigenvalue weighted by molar-refractivity contribution is 4.97. The Morgan fingerprint density at radius 2 is 1.79 bits per heavy atom. The van der Waals surface area contributed by atoms with Gasteiger partial charge in [-0.2, -0.15) is 13.2 Å². The maximum atomic E-state index is 12.6. The zero-order valence-corrected chi connectivity index (χ0v) is 11.8. The molecule has 2 bridgehead atoms. The number of nitrogens with one attached hydrogen (secondary N) is 1. The van der Waals surface area contributed by atoms with Crippen LogP contribution in [0.15, 0.2) is 0 Å². The second-order valence-electron chi connectivity index (χ2n) is 6.08. The Kier molecular flexibility index (Phi) is 4.77. The van der Waals surface area contributed by atoms with Crippen molar-refractivity contribution < 1.29 is 13.2 Å². The van der Waals surface area contributed by atoms with Crippen molar-refractivity contribution in [1.82, 2.24) is 10.2 Å². The number of hydrogen-bond donors (Lipinski definition) is 1. The van der Waals surface area contributed by atoms with Gasteiger partial charge >= 0.3 is 6.18 Å². The highest BCUT2D eigenvalue weighted by atomic mass is 19.4. The van der Waals surface area contributed by atoms with E-state index in [0.29, 0.717) is 18.1 Å². The van der Waals surface area contributed by atoms with Crippen molar-refractivity contribution in [2.75, 3.05) is 6.54 Å². The number of rotatable bonds is 4. The zero-order valence-electron chi connectivity index (χ0n) is 11.8. The van der Waals surface area contributed by atoms with Crippen LogP contribution in [0, 0.1) is 0 Å². The summed E-state index contributed by atoms with van der Waals surface area (Å²) >= 11 is 0. The van der Waals surface area contributed by atoms with Gasteiger partial charge in [0.05, 0.1) is 6.42 Å². The first-order chi connectivity index (χ1) is 8.90.